The largest absolute Gasteiger partial charge is 0.491 e. The summed E-state index contributed by atoms with van der Waals surface area (Å²) in [5, 5.41) is 10.0. The summed E-state index contributed by atoms with van der Waals surface area (Å²) in [5.41, 5.74) is 1.83. The normalized spacial score (nSPS) is 21.5. The van der Waals surface area contributed by atoms with E-state index in [4.69, 9.17) is 42.5 Å². The summed E-state index contributed by atoms with van der Waals surface area (Å²) in [4.78, 5) is 21.1. The van der Waals surface area contributed by atoms with Gasteiger partial charge in [-0.25, -0.2) is 9.78 Å². The van der Waals surface area contributed by atoms with Crippen LogP contribution < -0.4 is 9.64 Å². The second kappa shape index (κ2) is 12.7. The molecular formula is C28H33Cl2N5O5. The van der Waals surface area contributed by atoms with Gasteiger partial charge >= 0.3 is 6.09 Å². The fourth-order valence-corrected chi connectivity index (χ4v) is 5.49. The first-order chi connectivity index (χ1) is 19.3. The molecule has 12 heteroatoms. The summed E-state index contributed by atoms with van der Waals surface area (Å²) in [6, 6.07) is 13.3. The molecule has 0 radical (unpaired) electrons. The van der Waals surface area contributed by atoms with E-state index < -0.39 is 11.9 Å². The van der Waals surface area contributed by atoms with Crippen LogP contribution in [0.5, 0.6) is 5.75 Å². The number of carbonyl (C=O) groups is 1. The molecule has 2 atom stereocenters. The number of rotatable bonds is 10. The number of imidazole rings is 1. The molecule has 2 fully saturated rings. The van der Waals surface area contributed by atoms with E-state index in [0.717, 1.165) is 44.2 Å². The van der Waals surface area contributed by atoms with Crippen molar-refractivity contribution in [1.82, 2.24) is 19.4 Å². The highest BCUT2D eigenvalue weighted by Crippen LogP contribution is 2.40. The summed E-state index contributed by atoms with van der Waals surface area (Å²) in [7, 11) is 1.60. The first-order valence-corrected chi connectivity index (χ1v) is 13.9. The number of nitrogens with zero attached hydrogens (tertiary/aromatic N) is 5. The Balaban J connectivity index is 1.14. The van der Waals surface area contributed by atoms with Crippen molar-refractivity contribution >= 4 is 35.0 Å². The smallest absolute Gasteiger partial charge is 0.407 e. The van der Waals surface area contributed by atoms with Crippen LogP contribution in [-0.2, 0) is 21.8 Å². The zero-order chi connectivity index (χ0) is 28.1. The molecule has 3 heterocycles. The lowest BCUT2D eigenvalue weighted by molar-refractivity contribution is -0.189. The number of likely N-dealkylation sites (N-methyl/N-ethyl adjacent to an activating group) is 1. The van der Waals surface area contributed by atoms with Crippen LogP contribution in [0.15, 0.2) is 61.2 Å². The minimum atomic E-state index is -1.09. The predicted molar refractivity (Wildman–Crippen MR) is 152 cm³/mol. The van der Waals surface area contributed by atoms with Crippen LogP contribution in [0.1, 0.15) is 5.56 Å². The molecule has 3 aromatic rings. The number of aromatic nitrogens is 2. The Labute approximate surface area is 243 Å². The highest BCUT2D eigenvalue weighted by Gasteiger charge is 2.45. The molecule has 0 bridgehead atoms. The Morgan fingerprint density at radius 1 is 1.18 bits per heavy atom. The number of amides is 1. The number of hydrogen-bond acceptors (Lipinski definition) is 7. The van der Waals surface area contributed by atoms with E-state index in [0.29, 0.717) is 41.9 Å². The van der Waals surface area contributed by atoms with E-state index in [1.807, 2.05) is 29.0 Å². The van der Waals surface area contributed by atoms with Gasteiger partial charge in [-0.05, 0) is 36.4 Å². The van der Waals surface area contributed by atoms with Crippen LogP contribution in [0, 0.1) is 0 Å². The molecule has 1 N–H and O–H groups in total. The van der Waals surface area contributed by atoms with Crippen molar-refractivity contribution in [3.05, 3.63) is 76.8 Å². The lowest BCUT2D eigenvalue weighted by Gasteiger charge is -2.36. The van der Waals surface area contributed by atoms with Crippen molar-refractivity contribution in [2.45, 2.75) is 18.4 Å². The van der Waals surface area contributed by atoms with Crippen LogP contribution >= 0.6 is 23.2 Å². The summed E-state index contributed by atoms with van der Waals surface area (Å²) >= 11 is 12.7. The van der Waals surface area contributed by atoms with Gasteiger partial charge in [-0.2, -0.15) is 0 Å². The summed E-state index contributed by atoms with van der Waals surface area (Å²) in [5.74, 6) is -0.342. The van der Waals surface area contributed by atoms with Gasteiger partial charge in [-0.1, -0.05) is 29.3 Å². The van der Waals surface area contributed by atoms with Crippen LogP contribution in [0.2, 0.25) is 10.0 Å². The molecule has 214 valence electrons. The van der Waals surface area contributed by atoms with Crippen molar-refractivity contribution < 1.29 is 24.1 Å². The second-order valence-electron chi connectivity index (χ2n) is 10.0. The van der Waals surface area contributed by atoms with Gasteiger partial charge in [0.15, 0.2) is 0 Å². The van der Waals surface area contributed by atoms with Crippen molar-refractivity contribution in [2.24, 2.45) is 0 Å². The molecule has 1 aromatic heterocycles. The van der Waals surface area contributed by atoms with E-state index in [2.05, 4.69) is 26.9 Å². The number of halogens is 2. The zero-order valence-corrected chi connectivity index (χ0v) is 23.8. The monoisotopic (exact) mass is 589 g/mol. The molecule has 0 spiro atoms. The van der Waals surface area contributed by atoms with E-state index >= 15 is 0 Å². The fraction of sp³-hybridized carbons (Fsp3) is 0.429. The van der Waals surface area contributed by atoms with E-state index in [9.17, 15) is 4.79 Å². The molecule has 40 heavy (non-hydrogen) atoms. The minimum Gasteiger partial charge on any atom is -0.491 e. The van der Waals surface area contributed by atoms with Gasteiger partial charge in [0.25, 0.3) is 0 Å². The molecule has 5 rings (SSSR count). The molecule has 2 saturated heterocycles. The SMILES string of the molecule is CN(CCN1CCN(c2ccc(OC[C@@H]3CO[C@@](Cn4ccnc4)(c4ccc(Cl)cc4Cl)O3)cc2)CC1)C(=O)O. The van der Waals surface area contributed by atoms with Gasteiger partial charge in [0, 0.05) is 75.0 Å². The molecule has 10 nitrogen and oxygen atoms in total. The van der Waals surface area contributed by atoms with Crippen molar-refractivity contribution in [3.63, 3.8) is 0 Å². The lowest BCUT2D eigenvalue weighted by Crippen LogP contribution is -2.48. The number of ether oxygens (including phenoxy) is 3. The van der Waals surface area contributed by atoms with Gasteiger partial charge < -0.3 is 33.7 Å². The third kappa shape index (κ3) is 6.82. The number of piperazine rings is 1. The maximum absolute atomic E-state index is 11.0. The van der Waals surface area contributed by atoms with Gasteiger partial charge in [0.2, 0.25) is 5.79 Å². The average molecular weight is 591 g/mol. The van der Waals surface area contributed by atoms with E-state index in [1.165, 1.54) is 4.90 Å². The van der Waals surface area contributed by atoms with Crippen molar-refractivity contribution in [1.29, 1.82) is 0 Å². The quantitative estimate of drug-likeness (QED) is 0.375. The Morgan fingerprint density at radius 2 is 1.95 bits per heavy atom. The topological polar surface area (TPSA) is 92.5 Å². The number of hydrogen-bond donors (Lipinski definition) is 1. The van der Waals surface area contributed by atoms with Crippen molar-refractivity contribution in [3.8, 4) is 5.75 Å². The van der Waals surface area contributed by atoms with Gasteiger partial charge in [0.1, 0.15) is 18.5 Å². The fourth-order valence-electron chi connectivity index (χ4n) is 4.93. The van der Waals surface area contributed by atoms with Crippen molar-refractivity contribution in [2.75, 3.05) is 64.4 Å². The molecule has 0 saturated carbocycles. The first kappa shape index (κ1) is 28.5. The molecule has 2 aromatic carbocycles. The highest BCUT2D eigenvalue weighted by atomic mass is 35.5. The molecular weight excluding hydrogens is 557 g/mol. The maximum Gasteiger partial charge on any atom is 0.407 e. The van der Waals surface area contributed by atoms with Crippen LogP contribution in [-0.4, -0.2) is 96.2 Å². The lowest BCUT2D eigenvalue weighted by atomic mass is 10.1. The number of carboxylic acid groups (broad SMARTS) is 1. The average Bonchev–Trinajstić information content (AvgIpc) is 3.61. The van der Waals surface area contributed by atoms with Gasteiger partial charge in [0.05, 0.1) is 24.5 Å². The second-order valence-corrected chi connectivity index (χ2v) is 10.8. The molecule has 2 aliphatic heterocycles. The molecule has 0 aliphatic carbocycles. The third-order valence-corrected chi connectivity index (χ3v) is 7.79. The summed E-state index contributed by atoms with van der Waals surface area (Å²) in [6.07, 6.45) is 4.07. The molecule has 1 amide bonds. The van der Waals surface area contributed by atoms with Crippen LogP contribution in [0.4, 0.5) is 10.5 Å². The highest BCUT2D eigenvalue weighted by molar-refractivity contribution is 6.35. The standard InChI is InChI=1S/C28H33Cl2N5O5/c1-32(27(36)37)10-11-33-12-14-35(15-13-33)22-3-5-23(6-4-22)38-17-24-18-39-28(40-24,19-34-9-8-31-20-34)25-7-2-21(29)16-26(25)30/h2-9,16,20,24H,10-15,17-19H2,1H3,(H,36,37)/t24-,28-/m1/s1. The van der Waals surface area contributed by atoms with E-state index in [1.54, 1.807) is 31.7 Å². The molecule has 0 unspecified atom stereocenters. The third-order valence-electron chi connectivity index (χ3n) is 7.24. The maximum atomic E-state index is 11.0. The summed E-state index contributed by atoms with van der Waals surface area (Å²) < 4.78 is 20.7. The predicted octanol–water partition coefficient (Wildman–Crippen LogP) is 4.27. The number of anilines is 1. The number of benzene rings is 2. The molecule has 2 aliphatic rings. The summed E-state index contributed by atoms with van der Waals surface area (Å²) in [6.45, 7) is 5.85. The van der Waals surface area contributed by atoms with Crippen LogP contribution in [0.25, 0.3) is 0 Å². The Bertz CT molecular complexity index is 1270. The Hall–Kier alpha value is -3.02. The Morgan fingerprint density at radius 3 is 2.62 bits per heavy atom. The van der Waals surface area contributed by atoms with E-state index in [-0.39, 0.29) is 6.10 Å². The minimum absolute atomic E-state index is 0.303. The van der Waals surface area contributed by atoms with Crippen LogP contribution in [0.3, 0.4) is 0 Å². The van der Waals surface area contributed by atoms with Gasteiger partial charge in [-0.15, -0.1) is 0 Å². The van der Waals surface area contributed by atoms with Gasteiger partial charge in [-0.3, -0.25) is 4.90 Å². The Kier molecular flexibility index (Phi) is 9.02. The zero-order valence-electron chi connectivity index (χ0n) is 22.3. The first-order valence-electron chi connectivity index (χ1n) is 13.2.